The van der Waals surface area contributed by atoms with E-state index in [1.54, 1.807) is 19.4 Å². The van der Waals surface area contributed by atoms with Gasteiger partial charge in [-0.25, -0.2) is 0 Å². The van der Waals surface area contributed by atoms with Gasteiger partial charge in [0.25, 0.3) is 5.91 Å². The van der Waals surface area contributed by atoms with Crippen molar-refractivity contribution in [2.24, 2.45) is 5.92 Å². The van der Waals surface area contributed by atoms with Gasteiger partial charge in [-0.3, -0.25) is 4.79 Å². The van der Waals surface area contributed by atoms with Gasteiger partial charge in [0.05, 0.1) is 17.8 Å². The fourth-order valence-corrected chi connectivity index (χ4v) is 3.10. The number of amides is 1. The normalized spacial score (nSPS) is 17.3. The molecule has 0 aliphatic carbocycles. The summed E-state index contributed by atoms with van der Waals surface area (Å²) in [6.45, 7) is 2.53. The average Bonchev–Trinajstić information content (AvgIpc) is 3.21. The molecular weight excluding hydrogens is 314 g/mol. The molecule has 1 aliphatic heterocycles. The molecule has 1 aromatic carbocycles. The van der Waals surface area contributed by atoms with E-state index in [-0.39, 0.29) is 5.91 Å². The quantitative estimate of drug-likeness (QED) is 0.884. The van der Waals surface area contributed by atoms with E-state index in [4.69, 9.17) is 16.3 Å². The molecule has 1 atom stereocenters. The van der Waals surface area contributed by atoms with E-state index in [0.29, 0.717) is 23.2 Å². The second-order valence-electron chi connectivity index (χ2n) is 5.71. The summed E-state index contributed by atoms with van der Waals surface area (Å²) in [7, 11) is 1.69. The van der Waals surface area contributed by atoms with E-state index in [1.165, 1.54) is 0 Å². The van der Waals surface area contributed by atoms with Gasteiger partial charge >= 0.3 is 0 Å². The number of aromatic amines is 1. The van der Waals surface area contributed by atoms with Crippen LogP contribution < -0.4 is 15.0 Å². The fraction of sp³-hybridized carbons (Fsp3) is 0.353. The first-order chi connectivity index (χ1) is 11.2. The second-order valence-corrected chi connectivity index (χ2v) is 6.15. The molecular formula is C17H20ClN3O2. The van der Waals surface area contributed by atoms with Crippen LogP contribution in [-0.4, -0.2) is 37.6 Å². The zero-order valence-corrected chi connectivity index (χ0v) is 13.8. The number of nitrogens with zero attached hydrogens (tertiary/aromatic N) is 1. The topological polar surface area (TPSA) is 57.4 Å². The number of nitrogens with one attached hydrogen (secondary N) is 2. The minimum atomic E-state index is -0.118. The summed E-state index contributed by atoms with van der Waals surface area (Å²) in [4.78, 5) is 17.2. The molecule has 1 fully saturated rings. The monoisotopic (exact) mass is 333 g/mol. The van der Waals surface area contributed by atoms with E-state index in [1.807, 2.05) is 18.2 Å². The lowest BCUT2D eigenvalue weighted by atomic mass is 10.1. The number of carbonyl (C=O) groups is 1. The second kappa shape index (κ2) is 6.96. The number of para-hydroxylation sites is 2. The molecule has 3 rings (SSSR count). The van der Waals surface area contributed by atoms with Crippen LogP contribution in [0.25, 0.3) is 0 Å². The van der Waals surface area contributed by atoms with Crippen molar-refractivity contribution in [1.29, 1.82) is 0 Å². The van der Waals surface area contributed by atoms with Gasteiger partial charge < -0.3 is 19.9 Å². The van der Waals surface area contributed by atoms with Crippen LogP contribution in [-0.2, 0) is 0 Å². The van der Waals surface area contributed by atoms with E-state index in [2.05, 4.69) is 21.3 Å². The molecule has 122 valence electrons. The molecule has 2 aromatic rings. The third-order valence-corrected chi connectivity index (χ3v) is 4.37. The van der Waals surface area contributed by atoms with Gasteiger partial charge in [0.15, 0.2) is 0 Å². The lowest BCUT2D eigenvalue weighted by Crippen LogP contribution is -2.31. The highest BCUT2D eigenvalue weighted by Gasteiger charge is 2.25. The smallest absolute Gasteiger partial charge is 0.267 e. The van der Waals surface area contributed by atoms with Crippen molar-refractivity contribution in [3.05, 3.63) is 47.2 Å². The van der Waals surface area contributed by atoms with Crippen molar-refractivity contribution in [1.82, 2.24) is 10.3 Å². The Morgan fingerprint density at radius 1 is 1.48 bits per heavy atom. The summed E-state index contributed by atoms with van der Waals surface area (Å²) < 4.78 is 5.42. The van der Waals surface area contributed by atoms with Crippen molar-refractivity contribution in [2.75, 3.05) is 31.6 Å². The van der Waals surface area contributed by atoms with Crippen LogP contribution in [0.3, 0.4) is 0 Å². The van der Waals surface area contributed by atoms with Crippen molar-refractivity contribution < 1.29 is 9.53 Å². The predicted octanol–water partition coefficient (Wildman–Crippen LogP) is 2.93. The molecule has 0 spiro atoms. The first kappa shape index (κ1) is 15.7. The lowest BCUT2D eigenvalue weighted by Gasteiger charge is -2.21. The van der Waals surface area contributed by atoms with Gasteiger partial charge in [-0.05, 0) is 30.5 Å². The Kier molecular flexibility index (Phi) is 4.76. The Labute approximate surface area is 140 Å². The average molecular weight is 334 g/mol. The molecule has 6 heteroatoms. The van der Waals surface area contributed by atoms with E-state index >= 15 is 0 Å². The molecule has 2 N–H and O–H groups in total. The molecule has 1 saturated heterocycles. The summed E-state index contributed by atoms with van der Waals surface area (Å²) in [5.41, 5.74) is 1.61. The maximum absolute atomic E-state index is 12.0. The van der Waals surface area contributed by atoms with Crippen LogP contribution in [0.4, 0.5) is 5.69 Å². The number of methoxy groups -OCH3 is 1. The molecule has 1 aromatic heterocycles. The SMILES string of the molecule is COc1ccccc1N1CC[C@H](CNC(=O)c2cc(Cl)c[nH]2)C1. The van der Waals surface area contributed by atoms with Gasteiger partial charge in [-0.15, -0.1) is 0 Å². The Balaban J connectivity index is 1.55. The number of H-pyrrole nitrogens is 1. The molecule has 0 unspecified atom stereocenters. The summed E-state index contributed by atoms with van der Waals surface area (Å²) >= 11 is 5.82. The number of benzene rings is 1. The number of carbonyl (C=O) groups excluding carboxylic acids is 1. The summed E-state index contributed by atoms with van der Waals surface area (Å²) in [5.74, 6) is 1.19. The number of hydrogen-bond donors (Lipinski definition) is 2. The van der Waals surface area contributed by atoms with Crippen molar-refractivity contribution in [2.45, 2.75) is 6.42 Å². The zero-order chi connectivity index (χ0) is 16.2. The molecule has 2 heterocycles. The number of rotatable bonds is 5. The Bertz CT molecular complexity index is 686. The Morgan fingerprint density at radius 3 is 3.04 bits per heavy atom. The van der Waals surface area contributed by atoms with E-state index < -0.39 is 0 Å². The van der Waals surface area contributed by atoms with Crippen LogP contribution in [0.5, 0.6) is 5.75 Å². The summed E-state index contributed by atoms with van der Waals surface area (Å²) in [6.07, 6.45) is 2.65. The number of halogens is 1. The zero-order valence-electron chi connectivity index (χ0n) is 13.0. The Morgan fingerprint density at radius 2 is 2.30 bits per heavy atom. The summed E-state index contributed by atoms with van der Waals surface area (Å²) in [6, 6.07) is 9.66. The third kappa shape index (κ3) is 3.62. The van der Waals surface area contributed by atoms with Gasteiger partial charge in [-0.2, -0.15) is 0 Å². The van der Waals surface area contributed by atoms with Crippen LogP contribution in [0.15, 0.2) is 36.5 Å². The predicted molar refractivity (Wildman–Crippen MR) is 91.4 cm³/mol. The van der Waals surface area contributed by atoms with Gasteiger partial charge in [-0.1, -0.05) is 23.7 Å². The molecule has 0 radical (unpaired) electrons. The van der Waals surface area contributed by atoms with Crippen LogP contribution in [0.1, 0.15) is 16.9 Å². The van der Waals surface area contributed by atoms with Crippen molar-refractivity contribution in [3.8, 4) is 5.75 Å². The fourth-order valence-electron chi connectivity index (χ4n) is 2.94. The molecule has 23 heavy (non-hydrogen) atoms. The van der Waals surface area contributed by atoms with E-state index in [0.717, 1.165) is 30.9 Å². The number of ether oxygens (including phenoxy) is 1. The van der Waals surface area contributed by atoms with Gasteiger partial charge in [0.1, 0.15) is 11.4 Å². The van der Waals surface area contributed by atoms with Gasteiger partial charge in [0.2, 0.25) is 0 Å². The van der Waals surface area contributed by atoms with Gasteiger partial charge in [0, 0.05) is 25.8 Å². The molecule has 1 aliphatic rings. The van der Waals surface area contributed by atoms with Crippen LogP contribution in [0.2, 0.25) is 5.02 Å². The minimum absolute atomic E-state index is 0.118. The maximum Gasteiger partial charge on any atom is 0.267 e. The third-order valence-electron chi connectivity index (χ3n) is 4.16. The molecule has 0 saturated carbocycles. The highest BCUT2D eigenvalue weighted by atomic mass is 35.5. The van der Waals surface area contributed by atoms with E-state index in [9.17, 15) is 4.79 Å². The highest BCUT2D eigenvalue weighted by Crippen LogP contribution is 2.31. The molecule has 0 bridgehead atoms. The van der Waals surface area contributed by atoms with Crippen LogP contribution in [0, 0.1) is 5.92 Å². The first-order valence-electron chi connectivity index (χ1n) is 7.67. The summed E-state index contributed by atoms with van der Waals surface area (Å²) in [5, 5.41) is 3.51. The number of anilines is 1. The number of aromatic nitrogens is 1. The molecule has 5 nitrogen and oxygen atoms in total. The van der Waals surface area contributed by atoms with Crippen LogP contribution >= 0.6 is 11.6 Å². The minimum Gasteiger partial charge on any atom is -0.495 e. The van der Waals surface area contributed by atoms with Crippen molar-refractivity contribution in [3.63, 3.8) is 0 Å². The maximum atomic E-state index is 12.0. The first-order valence-corrected chi connectivity index (χ1v) is 8.05. The van der Waals surface area contributed by atoms with Crippen molar-refractivity contribution >= 4 is 23.2 Å². The highest BCUT2D eigenvalue weighted by molar-refractivity contribution is 6.30. The Hall–Kier alpha value is -2.14. The number of hydrogen-bond acceptors (Lipinski definition) is 3. The standard InChI is InChI=1S/C17H20ClN3O2/c1-23-16-5-3-2-4-15(16)21-7-6-12(11-21)9-20-17(22)14-8-13(18)10-19-14/h2-5,8,10,12,19H,6-7,9,11H2,1H3,(H,20,22)/t12-/m1/s1. The largest absolute Gasteiger partial charge is 0.495 e. The molecule has 1 amide bonds. The lowest BCUT2D eigenvalue weighted by molar-refractivity contribution is 0.0944.